The molecule has 1 aliphatic heterocycles. The number of carbonyl (C=O) groups excluding carboxylic acids is 1. The van der Waals surface area contributed by atoms with E-state index in [2.05, 4.69) is 5.32 Å². The van der Waals surface area contributed by atoms with Crippen LogP contribution in [0.1, 0.15) is 28.8 Å². The van der Waals surface area contributed by atoms with E-state index >= 15 is 0 Å². The lowest BCUT2D eigenvalue weighted by Crippen LogP contribution is -2.27. The number of carboxylic acid groups (broad SMARTS) is 1. The minimum absolute atomic E-state index is 0.0985. The lowest BCUT2D eigenvalue weighted by atomic mass is 10.1. The highest BCUT2D eigenvalue weighted by Gasteiger charge is 2.24. The van der Waals surface area contributed by atoms with Crippen LogP contribution in [0.4, 0.5) is 5.69 Å². The Labute approximate surface area is 105 Å². The standard InChI is InChI=1S/C13H15NO4/c1-8-4-5-10(9(7-8)13(16)17)14-12(15)11-3-2-6-18-11/h4-5,7,11H,2-3,6H2,1H3,(H,14,15)(H,16,17)/t11-/m1/s1. The Bertz CT molecular complexity index is 478. The van der Waals surface area contributed by atoms with Gasteiger partial charge in [-0.1, -0.05) is 11.6 Å². The highest BCUT2D eigenvalue weighted by molar-refractivity contribution is 6.02. The molecule has 2 rings (SSSR count). The number of aryl methyl sites for hydroxylation is 1. The molecule has 0 aromatic heterocycles. The third-order valence-electron chi connectivity index (χ3n) is 2.89. The molecule has 18 heavy (non-hydrogen) atoms. The van der Waals surface area contributed by atoms with Crippen molar-refractivity contribution in [3.63, 3.8) is 0 Å². The number of amides is 1. The minimum Gasteiger partial charge on any atom is -0.478 e. The summed E-state index contributed by atoms with van der Waals surface area (Å²) in [5.41, 5.74) is 1.25. The molecular formula is C13H15NO4. The predicted molar refractivity (Wildman–Crippen MR) is 65.7 cm³/mol. The van der Waals surface area contributed by atoms with Gasteiger partial charge in [0.25, 0.3) is 5.91 Å². The summed E-state index contributed by atoms with van der Waals surface area (Å²) >= 11 is 0. The fourth-order valence-corrected chi connectivity index (χ4v) is 1.94. The number of carboxylic acids is 1. The second-order valence-corrected chi connectivity index (χ2v) is 4.35. The fraction of sp³-hybridized carbons (Fsp3) is 0.385. The molecule has 0 radical (unpaired) electrons. The lowest BCUT2D eigenvalue weighted by molar-refractivity contribution is -0.124. The summed E-state index contributed by atoms with van der Waals surface area (Å²) in [5, 5.41) is 11.7. The molecule has 0 bridgehead atoms. The van der Waals surface area contributed by atoms with E-state index in [9.17, 15) is 9.59 Å². The van der Waals surface area contributed by atoms with E-state index in [1.165, 1.54) is 6.07 Å². The molecule has 0 aliphatic carbocycles. The summed E-state index contributed by atoms with van der Waals surface area (Å²) in [6.45, 7) is 2.38. The molecule has 0 spiro atoms. The Morgan fingerprint density at radius 2 is 2.22 bits per heavy atom. The Hall–Kier alpha value is -1.88. The molecule has 1 aromatic rings. The van der Waals surface area contributed by atoms with Crippen molar-refractivity contribution < 1.29 is 19.4 Å². The van der Waals surface area contributed by atoms with Crippen LogP contribution in [0.3, 0.4) is 0 Å². The van der Waals surface area contributed by atoms with Gasteiger partial charge in [0.15, 0.2) is 0 Å². The zero-order valence-corrected chi connectivity index (χ0v) is 10.1. The first kappa shape index (κ1) is 12.6. The number of anilines is 1. The van der Waals surface area contributed by atoms with Crippen LogP contribution in [-0.4, -0.2) is 29.7 Å². The topological polar surface area (TPSA) is 75.6 Å². The first-order valence-electron chi connectivity index (χ1n) is 5.84. The van der Waals surface area contributed by atoms with Crippen LogP contribution < -0.4 is 5.32 Å². The Kier molecular flexibility index (Phi) is 3.62. The summed E-state index contributed by atoms with van der Waals surface area (Å²) in [6, 6.07) is 4.90. The first-order chi connectivity index (χ1) is 8.58. The molecule has 2 N–H and O–H groups in total. The van der Waals surface area contributed by atoms with Crippen molar-refractivity contribution in [2.24, 2.45) is 0 Å². The molecular weight excluding hydrogens is 234 g/mol. The monoisotopic (exact) mass is 249 g/mol. The van der Waals surface area contributed by atoms with E-state index in [-0.39, 0.29) is 11.5 Å². The van der Waals surface area contributed by atoms with E-state index in [0.717, 1.165) is 12.0 Å². The summed E-state index contributed by atoms with van der Waals surface area (Å²) in [4.78, 5) is 22.9. The van der Waals surface area contributed by atoms with E-state index in [4.69, 9.17) is 9.84 Å². The molecule has 1 fully saturated rings. The normalized spacial score (nSPS) is 18.6. The van der Waals surface area contributed by atoms with Gasteiger partial charge in [0.2, 0.25) is 0 Å². The molecule has 5 heteroatoms. The molecule has 96 valence electrons. The van der Waals surface area contributed by atoms with Gasteiger partial charge in [0.05, 0.1) is 11.3 Å². The Morgan fingerprint density at radius 1 is 1.44 bits per heavy atom. The van der Waals surface area contributed by atoms with E-state index in [0.29, 0.717) is 18.7 Å². The third-order valence-corrected chi connectivity index (χ3v) is 2.89. The fourth-order valence-electron chi connectivity index (χ4n) is 1.94. The number of carbonyl (C=O) groups is 2. The van der Waals surface area contributed by atoms with Crippen molar-refractivity contribution in [2.75, 3.05) is 11.9 Å². The second-order valence-electron chi connectivity index (χ2n) is 4.35. The Morgan fingerprint density at radius 3 is 2.83 bits per heavy atom. The molecule has 1 aliphatic rings. The minimum atomic E-state index is -1.05. The number of ether oxygens (including phenoxy) is 1. The van der Waals surface area contributed by atoms with Crippen LogP contribution in [0.15, 0.2) is 18.2 Å². The average molecular weight is 249 g/mol. The number of hydrogen-bond donors (Lipinski definition) is 2. The molecule has 1 aromatic carbocycles. The second kappa shape index (κ2) is 5.18. The van der Waals surface area contributed by atoms with Gasteiger partial charge in [-0.25, -0.2) is 4.79 Å². The van der Waals surface area contributed by atoms with E-state index in [1.54, 1.807) is 19.1 Å². The van der Waals surface area contributed by atoms with Crippen molar-refractivity contribution in [1.82, 2.24) is 0 Å². The highest BCUT2D eigenvalue weighted by Crippen LogP contribution is 2.20. The van der Waals surface area contributed by atoms with Gasteiger partial charge < -0.3 is 15.2 Å². The van der Waals surface area contributed by atoms with Crippen LogP contribution in [0.25, 0.3) is 0 Å². The van der Waals surface area contributed by atoms with Gasteiger partial charge in [0, 0.05) is 6.61 Å². The molecule has 1 atom stereocenters. The first-order valence-corrected chi connectivity index (χ1v) is 5.84. The van der Waals surface area contributed by atoms with Crippen LogP contribution in [0, 0.1) is 6.92 Å². The maximum absolute atomic E-state index is 11.8. The van der Waals surface area contributed by atoms with Gasteiger partial charge in [-0.3, -0.25) is 4.79 Å². The zero-order valence-electron chi connectivity index (χ0n) is 10.1. The van der Waals surface area contributed by atoms with Gasteiger partial charge >= 0.3 is 5.97 Å². The van der Waals surface area contributed by atoms with Crippen molar-refractivity contribution in [2.45, 2.75) is 25.9 Å². The van der Waals surface area contributed by atoms with Crippen LogP contribution in [-0.2, 0) is 9.53 Å². The number of nitrogens with one attached hydrogen (secondary N) is 1. The summed E-state index contributed by atoms with van der Waals surface area (Å²) in [5.74, 6) is -1.33. The van der Waals surface area contributed by atoms with Crippen molar-refractivity contribution >= 4 is 17.6 Å². The van der Waals surface area contributed by atoms with Gasteiger partial charge in [-0.15, -0.1) is 0 Å². The quantitative estimate of drug-likeness (QED) is 0.856. The van der Waals surface area contributed by atoms with Crippen LogP contribution >= 0.6 is 0 Å². The lowest BCUT2D eigenvalue weighted by Gasteiger charge is -2.12. The summed E-state index contributed by atoms with van der Waals surface area (Å²) in [7, 11) is 0. The molecule has 0 unspecified atom stereocenters. The number of benzene rings is 1. The highest BCUT2D eigenvalue weighted by atomic mass is 16.5. The zero-order chi connectivity index (χ0) is 13.1. The van der Waals surface area contributed by atoms with Crippen molar-refractivity contribution in [1.29, 1.82) is 0 Å². The van der Waals surface area contributed by atoms with E-state index < -0.39 is 12.1 Å². The van der Waals surface area contributed by atoms with Gasteiger partial charge in [0.1, 0.15) is 6.10 Å². The van der Waals surface area contributed by atoms with E-state index in [1.807, 2.05) is 0 Å². The molecule has 1 heterocycles. The predicted octanol–water partition coefficient (Wildman–Crippen LogP) is 1.81. The molecule has 0 saturated carbocycles. The van der Waals surface area contributed by atoms with Crippen LogP contribution in [0.5, 0.6) is 0 Å². The molecule has 1 amide bonds. The number of hydrogen-bond acceptors (Lipinski definition) is 3. The largest absolute Gasteiger partial charge is 0.478 e. The van der Waals surface area contributed by atoms with Crippen molar-refractivity contribution in [3.8, 4) is 0 Å². The maximum Gasteiger partial charge on any atom is 0.337 e. The van der Waals surface area contributed by atoms with Crippen molar-refractivity contribution in [3.05, 3.63) is 29.3 Å². The number of rotatable bonds is 3. The van der Waals surface area contributed by atoms with Crippen LogP contribution in [0.2, 0.25) is 0 Å². The molecule has 5 nitrogen and oxygen atoms in total. The average Bonchev–Trinajstić information content (AvgIpc) is 2.84. The molecule has 1 saturated heterocycles. The summed E-state index contributed by atoms with van der Waals surface area (Å²) in [6.07, 6.45) is 1.07. The smallest absolute Gasteiger partial charge is 0.337 e. The van der Waals surface area contributed by atoms with Gasteiger partial charge in [-0.05, 0) is 31.9 Å². The van der Waals surface area contributed by atoms with Gasteiger partial charge in [-0.2, -0.15) is 0 Å². The third kappa shape index (κ3) is 2.68. The summed E-state index contributed by atoms with van der Waals surface area (Å²) < 4.78 is 5.25. The SMILES string of the molecule is Cc1ccc(NC(=O)[C@H]2CCCO2)c(C(=O)O)c1. The Balaban J connectivity index is 2.17. The maximum atomic E-state index is 11.8. The number of aromatic carboxylic acids is 1.